The number of nitrogens with one attached hydrogen (secondary N) is 2. The summed E-state index contributed by atoms with van der Waals surface area (Å²) in [7, 11) is 0. The van der Waals surface area contributed by atoms with Crippen molar-refractivity contribution in [2.75, 3.05) is 11.4 Å². The molecule has 16 nitrogen and oxygen atoms in total. The number of benzene rings is 3. The van der Waals surface area contributed by atoms with Crippen molar-refractivity contribution < 1.29 is 39.8 Å². The zero-order chi connectivity index (χ0) is 46.5. The zero-order valence-electron chi connectivity index (χ0n) is 37.3. The molecule has 0 radical (unpaired) electrons. The van der Waals surface area contributed by atoms with Gasteiger partial charge in [0.2, 0.25) is 0 Å². The fraction of sp³-hybridized carbons (Fsp3) is 0.388. The molecule has 65 heavy (non-hydrogen) atoms. The Kier molecular flexibility index (Phi) is 12.5. The number of carbonyl (C=O) groups is 1. The smallest absolute Gasteiger partial charge is 0.343 e. The third-order valence-corrected chi connectivity index (χ3v) is 13.2. The molecule has 0 aliphatic carbocycles. The normalized spacial score (nSPS) is 16.9. The van der Waals surface area contributed by atoms with E-state index < -0.39 is 24.3 Å². The van der Waals surface area contributed by atoms with Crippen molar-refractivity contribution in [2.24, 2.45) is 11.7 Å². The molecule has 9 N–H and O–H groups in total. The van der Waals surface area contributed by atoms with Gasteiger partial charge in [0.1, 0.15) is 29.7 Å². The topological polar surface area (TPSA) is 242 Å². The minimum Gasteiger partial charge on any atom is -0.508 e. The molecular formula is C49H57N7O9. The number of fused-ring (bicyclic) bond motifs is 6. The monoisotopic (exact) mass is 887 g/mol. The number of nitrogens with zero attached hydrogens (tertiary/aromatic N) is 4. The molecule has 0 saturated heterocycles. The first-order chi connectivity index (χ1) is 31.1. The number of aliphatic hydroxyl groups excluding tert-OH is 2. The molecule has 0 saturated carbocycles. The molecule has 8 rings (SSSR count). The molecule has 4 unspecified atom stereocenters. The number of anilines is 1. The number of phenolic OH excluding ortho intramolecular Hbond substituents is 2. The summed E-state index contributed by atoms with van der Waals surface area (Å²) in [4.78, 5) is 32.5. The van der Waals surface area contributed by atoms with Gasteiger partial charge in [0.25, 0.3) is 12.0 Å². The Hall–Kier alpha value is -6.30. The van der Waals surface area contributed by atoms with E-state index in [-0.39, 0.29) is 65.1 Å². The highest BCUT2D eigenvalue weighted by molar-refractivity contribution is 6.10. The summed E-state index contributed by atoms with van der Waals surface area (Å²) < 4.78 is 14.9. The van der Waals surface area contributed by atoms with Crippen LogP contribution in [0.25, 0.3) is 33.2 Å². The van der Waals surface area contributed by atoms with E-state index in [1.165, 1.54) is 11.0 Å². The van der Waals surface area contributed by atoms with Gasteiger partial charge in [0, 0.05) is 58.5 Å². The van der Waals surface area contributed by atoms with Crippen LogP contribution >= 0.6 is 0 Å². The number of aromatic nitrogens is 3. The highest BCUT2D eigenvalue weighted by Crippen LogP contribution is 2.41. The maximum atomic E-state index is 13.7. The summed E-state index contributed by atoms with van der Waals surface area (Å²) in [6, 6.07) is 17.4. The van der Waals surface area contributed by atoms with Gasteiger partial charge < -0.3 is 44.1 Å². The standard InChI is InChI=1S/C49H57N7O9/c1-6-27(14-17-54-18-15-28-19-29(9-12-39(28)54)56(47(51)61)44(50)34-21-32(26(4)5)41(57)23-42(34)58)13-16-52-48(62)65-30-10-11-38-33(20-30)31(7-2)35-24-55-40(43(35)53-38)22-37-36(45(55)59)25-64-46(60)49(37,63)8-3/h9-12,15,18-23,26-27,47-48,50,52,57-58,61-63H,6-8,13-14,16-17,24-25,51H2,1-5H3. The number of pyridine rings is 2. The van der Waals surface area contributed by atoms with Crippen LogP contribution in [0.2, 0.25) is 0 Å². The number of aromatic hydroxyl groups is 2. The second-order valence-corrected chi connectivity index (χ2v) is 17.3. The molecule has 5 heterocycles. The minimum atomic E-state index is -1.90. The Balaban J connectivity index is 0.897. The molecule has 16 heteroatoms. The van der Waals surface area contributed by atoms with E-state index in [1.807, 2.05) is 57.3 Å². The summed E-state index contributed by atoms with van der Waals surface area (Å²) in [6.45, 7) is 11.0. The Morgan fingerprint density at radius 2 is 1.80 bits per heavy atom. The largest absolute Gasteiger partial charge is 0.508 e. The third-order valence-electron chi connectivity index (χ3n) is 13.2. The molecule has 6 aromatic rings. The lowest BCUT2D eigenvalue weighted by molar-refractivity contribution is -0.172. The van der Waals surface area contributed by atoms with Crippen molar-refractivity contribution in [3.8, 4) is 28.6 Å². The van der Waals surface area contributed by atoms with Crippen molar-refractivity contribution in [3.63, 3.8) is 0 Å². The van der Waals surface area contributed by atoms with Gasteiger partial charge in [-0.3, -0.25) is 26.2 Å². The van der Waals surface area contributed by atoms with E-state index in [0.29, 0.717) is 52.8 Å². The lowest BCUT2D eigenvalue weighted by atomic mass is 9.86. The van der Waals surface area contributed by atoms with Gasteiger partial charge in [-0.1, -0.05) is 41.0 Å². The summed E-state index contributed by atoms with van der Waals surface area (Å²) in [5, 5.41) is 67.4. The lowest BCUT2D eigenvalue weighted by Gasteiger charge is -2.31. The average molecular weight is 888 g/mol. The number of aliphatic hydroxyl groups is 3. The Morgan fingerprint density at radius 3 is 2.51 bits per heavy atom. The van der Waals surface area contributed by atoms with Gasteiger partial charge in [-0.2, -0.15) is 0 Å². The number of aryl methyl sites for hydroxylation is 2. The second kappa shape index (κ2) is 17.9. The van der Waals surface area contributed by atoms with Crippen molar-refractivity contribution >= 4 is 39.3 Å². The number of hydrogen-bond donors (Lipinski definition) is 8. The van der Waals surface area contributed by atoms with Crippen LogP contribution in [0.15, 0.2) is 71.7 Å². The maximum absolute atomic E-state index is 13.7. The Labute approximate surface area is 376 Å². The van der Waals surface area contributed by atoms with Gasteiger partial charge in [-0.15, -0.1) is 0 Å². The number of amidine groups is 1. The number of hydrogen-bond acceptors (Lipinski definition) is 13. The number of esters is 1. The van der Waals surface area contributed by atoms with E-state index in [1.54, 1.807) is 35.8 Å². The quantitative estimate of drug-likeness (QED) is 0.0243. The molecule has 0 bridgehead atoms. The van der Waals surface area contributed by atoms with Crippen molar-refractivity contribution in [1.29, 1.82) is 5.41 Å². The molecule has 342 valence electrons. The molecule has 2 aliphatic rings. The highest BCUT2D eigenvalue weighted by Gasteiger charge is 2.45. The number of phenols is 2. The van der Waals surface area contributed by atoms with Crippen molar-refractivity contribution in [1.82, 2.24) is 19.4 Å². The SMILES string of the molecule is CCc1c2c(nc3ccc(OC(O)NCCC(CC)CCn4ccc5cc(N(C(=N)c6cc(C(C)C)c(O)cc6O)C(N)O)ccc54)cc13)-c1cc3c(c(=O)n1C2)COC(=O)C3(O)CC. The highest BCUT2D eigenvalue weighted by atomic mass is 16.6. The summed E-state index contributed by atoms with van der Waals surface area (Å²) in [5.41, 5.74) is 10.2. The van der Waals surface area contributed by atoms with Gasteiger partial charge >= 0.3 is 5.97 Å². The molecule has 4 atom stereocenters. The van der Waals surface area contributed by atoms with E-state index >= 15 is 0 Å². The summed E-state index contributed by atoms with van der Waals surface area (Å²) in [6.07, 6.45) is 2.47. The molecular weight excluding hydrogens is 831 g/mol. The molecule has 0 amide bonds. The first-order valence-electron chi connectivity index (χ1n) is 22.3. The Morgan fingerprint density at radius 1 is 1.02 bits per heavy atom. The van der Waals surface area contributed by atoms with Crippen molar-refractivity contribution in [2.45, 2.75) is 111 Å². The molecule has 3 aromatic carbocycles. The predicted molar refractivity (Wildman–Crippen MR) is 247 cm³/mol. The zero-order valence-corrected chi connectivity index (χ0v) is 37.3. The van der Waals surface area contributed by atoms with Crippen LogP contribution < -0.4 is 26.2 Å². The fourth-order valence-electron chi connectivity index (χ4n) is 9.40. The van der Waals surface area contributed by atoms with Crippen LogP contribution in [0.5, 0.6) is 17.2 Å². The van der Waals surface area contributed by atoms with E-state index in [2.05, 4.69) is 16.8 Å². The molecule has 3 aromatic heterocycles. The Bertz CT molecular complexity index is 2890. The number of nitrogens with two attached hydrogens (primary N) is 1. The number of ether oxygens (including phenoxy) is 2. The van der Waals surface area contributed by atoms with E-state index in [0.717, 1.165) is 53.2 Å². The summed E-state index contributed by atoms with van der Waals surface area (Å²) >= 11 is 0. The number of cyclic esters (lactones) is 1. The minimum absolute atomic E-state index is 0.0643. The lowest BCUT2D eigenvalue weighted by Crippen LogP contribution is -2.46. The van der Waals surface area contributed by atoms with Crippen LogP contribution in [-0.2, 0) is 41.2 Å². The predicted octanol–water partition coefficient (Wildman–Crippen LogP) is 5.95. The van der Waals surface area contributed by atoms with E-state index in [9.17, 15) is 35.1 Å². The van der Waals surface area contributed by atoms with Crippen LogP contribution in [-0.4, -0.2) is 70.8 Å². The molecule has 2 aliphatic heterocycles. The van der Waals surface area contributed by atoms with Gasteiger partial charge in [-0.25, -0.2) is 9.78 Å². The van der Waals surface area contributed by atoms with Gasteiger partial charge in [0.15, 0.2) is 12.0 Å². The molecule has 0 spiro atoms. The fourth-order valence-corrected chi connectivity index (χ4v) is 9.40. The van der Waals surface area contributed by atoms with Crippen LogP contribution in [0.1, 0.15) is 99.6 Å². The van der Waals surface area contributed by atoms with Crippen molar-refractivity contribution in [3.05, 3.63) is 111 Å². The van der Waals surface area contributed by atoms with Crippen LogP contribution in [0, 0.1) is 11.3 Å². The van der Waals surface area contributed by atoms with Gasteiger partial charge in [0.05, 0.1) is 34.6 Å². The first-order valence-corrected chi connectivity index (χ1v) is 22.3. The number of rotatable bonds is 16. The van der Waals surface area contributed by atoms with Gasteiger partial charge in [-0.05, 0) is 103 Å². The summed E-state index contributed by atoms with van der Waals surface area (Å²) in [5.74, 6) is -0.623. The maximum Gasteiger partial charge on any atom is 0.343 e. The average Bonchev–Trinajstić information content (AvgIpc) is 3.86. The second-order valence-electron chi connectivity index (χ2n) is 17.3. The molecule has 0 fully saturated rings. The van der Waals surface area contributed by atoms with E-state index in [4.69, 9.17) is 25.6 Å². The van der Waals surface area contributed by atoms with Crippen LogP contribution in [0.4, 0.5) is 5.69 Å². The first kappa shape index (κ1) is 45.3. The van der Waals surface area contributed by atoms with Crippen LogP contribution in [0.3, 0.4) is 0 Å². The third kappa shape index (κ3) is 8.21. The number of carbonyl (C=O) groups excluding carboxylic acids is 1.